The van der Waals surface area contributed by atoms with E-state index in [0.29, 0.717) is 12.5 Å². The predicted octanol–water partition coefficient (Wildman–Crippen LogP) is 0.450. The van der Waals surface area contributed by atoms with E-state index in [4.69, 9.17) is 5.73 Å². The minimum Gasteiger partial charge on any atom is -0.369 e. The van der Waals surface area contributed by atoms with Crippen LogP contribution in [0.1, 0.15) is 20.8 Å². The third-order valence-electron chi connectivity index (χ3n) is 1.45. The first-order valence-corrected chi connectivity index (χ1v) is 4.07. The molecule has 0 aromatic carbocycles. The third-order valence-corrected chi connectivity index (χ3v) is 1.45. The van der Waals surface area contributed by atoms with Gasteiger partial charge in [-0.25, -0.2) is 0 Å². The summed E-state index contributed by atoms with van der Waals surface area (Å²) in [7, 11) is 0. The number of hydrogen-bond donors (Lipinski definition) is 1. The van der Waals surface area contributed by atoms with Gasteiger partial charge in [0.05, 0.1) is 6.54 Å². The molecule has 3 nitrogen and oxygen atoms in total. The van der Waals surface area contributed by atoms with Crippen molar-refractivity contribution in [1.29, 1.82) is 0 Å². The first kappa shape index (κ1) is 10.4. The largest absolute Gasteiger partial charge is 0.369 e. The van der Waals surface area contributed by atoms with Gasteiger partial charge in [0.15, 0.2) is 0 Å². The van der Waals surface area contributed by atoms with E-state index in [1.165, 1.54) is 0 Å². The molecule has 0 unspecified atom stereocenters. The van der Waals surface area contributed by atoms with Crippen LogP contribution < -0.4 is 5.73 Å². The van der Waals surface area contributed by atoms with Crippen molar-refractivity contribution in [2.24, 2.45) is 11.7 Å². The predicted molar refractivity (Wildman–Crippen MR) is 46.1 cm³/mol. The van der Waals surface area contributed by atoms with Crippen LogP contribution in [0.4, 0.5) is 0 Å². The smallest absolute Gasteiger partial charge is 0.231 e. The van der Waals surface area contributed by atoms with Gasteiger partial charge >= 0.3 is 0 Å². The van der Waals surface area contributed by atoms with Crippen molar-refractivity contribution < 1.29 is 4.79 Å². The normalized spacial score (nSPS) is 11.0. The molecule has 3 heteroatoms. The Labute approximate surface area is 68.6 Å². The van der Waals surface area contributed by atoms with Crippen LogP contribution in [0.15, 0.2) is 0 Å². The van der Waals surface area contributed by atoms with Gasteiger partial charge in [-0.15, -0.1) is 0 Å². The molecule has 1 amide bonds. The summed E-state index contributed by atoms with van der Waals surface area (Å²) in [5.74, 6) is 0.349. The standard InChI is InChI=1S/C8H18N2O/c1-4-10(5-7(2)3)6-8(9)11/h7H,4-6H2,1-3H3,(H2,9,11). The average Bonchev–Trinajstić information content (AvgIpc) is 1.84. The van der Waals surface area contributed by atoms with Crippen molar-refractivity contribution in [3.05, 3.63) is 0 Å². The Kier molecular flexibility index (Phi) is 4.86. The van der Waals surface area contributed by atoms with Gasteiger partial charge in [-0.2, -0.15) is 0 Å². The zero-order valence-electron chi connectivity index (χ0n) is 7.63. The molecule has 0 saturated carbocycles. The molecule has 0 fully saturated rings. The van der Waals surface area contributed by atoms with Crippen molar-refractivity contribution >= 4 is 5.91 Å². The summed E-state index contributed by atoms with van der Waals surface area (Å²) in [5, 5.41) is 0. The lowest BCUT2D eigenvalue weighted by atomic mass is 10.2. The zero-order chi connectivity index (χ0) is 8.85. The SMILES string of the molecule is CCN(CC(N)=O)CC(C)C. The van der Waals surface area contributed by atoms with Crippen molar-refractivity contribution in [3.63, 3.8) is 0 Å². The molecule has 0 spiro atoms. The third kappa shape index (κ3) is 5.85. The number of likely N-dealkylation sites (N-methyl/N-ethyl adjacent to an activating group) is 1. The fourth-order valence-corrected chi connectivity index (χ4v) is 1.04. The quantitative estimate of drug-likeness (QED) is 0.631. The maximum Gasteiger partial charge on any atom is 0.231 e. The fraction of sp³-hybridized carbons (Fsp3) is 0.875. The van der Waals surface area contributed by atoms with Crippen molar-refractivity contribution in [2.75, 3.05) is 19.6 Å². The van der Waals surface area contributed by atoms with Gasteiger partial charge in [-0.1, -0.05) is 20.8 Å². The maximum atomic E-state index is 10.5. The monoisotopic (exact) mass is 158 g/mol. The zero-order valence-corrected chi connectivity index (χ0v) is 7.63. The number of hydrogen-bond acceptors (Lipinski definition) is 2. The Hall–Kier alpha value is -0.570. The van der Waals surface area contributed by atoms with E-state index in [1.54, 1.807) is 0 Å². The summed E-state index contributed by atoms with van der Waals surface area (Å²) < 4.78 is 0. The summed E-state index contributed by atoms with van der Waals surface area (Å²) in [5.41, 5.74) is 5.06. The molecule has 66 valence electrons. The van der Waals surface area contributed by atoms with E-state index >= 15 is 0 Å². The van der Waals surface area contributed by atoms with E-state index in [1.807, 2.05) is 11.8 Å². The van der Waals surface area contributed by atoms with Crippen LogP contribution in [0.2, 0.25) is 0 Å². The van der Waals surface area contributed by atoms with Gasteiger partial charge < -0.3 is 5.73 Å². The van der Waals surface area contributed by atoms with E-state index < -0.39 is 0 Å². The number of amides is 1. The first-order valence-electron chi connectivity index (χ1n) is 4.07. The lowest BCUT2D eigenvalue weighted by Gasteiger charge is -2.20. The molecular formula is C8H18N2O. The Morgan fingerprint density at radius 2 is 2.09 bits per heavy atom. The van der Waals surface area contributed by atoms with Crippen LogP contribution in [0.25, 0.3) is 0 Å². The van der Waals surface area contributed by atoms with Crippen LogP contribution in [0, 0.1) is 5.92 Å². The average molecular weight is 158 g/mol. The summed E-state index contributed by atoms with van der Waals surface area (Å²) in [6.45, 7) is 8.51. The highest BCUT2D eigenvalue weighted by Crippen LogP contribution is 1.96. The van der Waals surface area contributed by atoms with Crippen molar-refractivity contribution in [3.8, 4) is 0 Å². The molecule has 0 saturated heterocycles. The lowest BCUT2D eigenvalue weighted by molar-refractivity contribution is -0.119. The number of primary amides is 1. The molecular weight excluding hydrogens is 140 g/mol. The van der Waals surface area contributed by atoms with E-state index in [9.17, 15) is 4.79 Å². The van der Waals surface area contributed by atoms with Gasteiger partial charge in [-0.3, -0.25) is 9.69 Å². The van der Waals surface area contributed by atoms with Crippen molar-refractivity contribution in [2.45, 2.75) is 20.8 Å². The summed E-state index contributed by atoms with van der Waals surface area (Å²) in [6, 6.07) is 0. The summed E-state index contributed by atoms with van der Waals surface area (Å²) in [4.78, 5) is 12.6. The van der Waals surface area contributed by atoms with Gasteiger partial charge in [0.2, 0.25) is 5.91 Å². The van der Waals surface area contributed by atoms with Crippen molar-refractivity contribution in [1.82, 2.24) is 4.90 Å². The molecule has 0 heterocycles. The highest BCUT2D eigenvalue weighted by molar-refractivity contribution is 5.75. The Bertz CT molecular complexity index is 123. The minimum atomic E-state index is -0.243. The molecule has 0 atom stereocenters. The second-order valence-corrected chi connectivity index (χ2v) is 3.19. The Morgan fingerprint density at radius 1 is 1.55 bits per heavy atom. The first-order chi connectivity index (χ1) is 5.06. The number of carbonyl (C=O) groups is 1. The molecule has 0 aromatic heterocycles. The molecule has 0 aliphatic carbocycles. The van der Waals surface area contributed by atoms with Crippen LogP contribution in [-0.4, -0.2) is 30.4 Å². The van der Waals surface area contributed by atoms with Gasteiger partial charge in [0.25, 0.3) is 0 Å². The molecule has 0 aliphatic heterocycles. The highest BCUT2D eigenvalue weighted by Gasteiger charge is 2.06. The number of rotatable bonds is 5. The van der Waals surface area contributed by atoms with E-state index in [2.05, 4.69) is 13.8 Å². The number of nitrogens with two attached hydrogens (primary N) is 1. The molecule has 0 radical (unpaired) electrons. The number of nitrogens with zero attached hydrogens (tertiary/aromatic N) is 1. The molecule has 0 aliphatic rings. The van der Waals surface area contributed by atoms with Gasteiger partial charge in [-0.05, 0) is 12.5 Å². The van der Waals surface area contributed by atoms with Gasteiger partial charge in [0, 0.05) is 6.54 Å². The fourth-order valence-electron chi connectivity index (χ4n) is 1.04. The van der Waals surface area contributed by atoms with E-state index in [0.717, 1.165) is 13.1 Å². The lowest BCUT2D eigenvalue weighted by Crippen LogP contribution is -2.35. The second kappa shape index (κ2) is 5.13. The second-order valence-electron chi connectivity index (χ2n) is 3.19. The molecule has 11 heavy (non-hydrogen) atoms. The summed E-state index contributed by atoms with van der Waals surface area (Å²) in [6.07, 6.45) is 0. The number of carbonyl (C=O) groups excluding carboxylic acids is 1. The minimum absolute atomic E-state index is 0.243. The van der Waals surface area contributed by atoms with Crippen LogP contribution >= 0.6 is 0 Å². The van der Waals surface area contributed by atoms with Gasteiger partial charge in [0.1, 0.15) is 0 Å². The molecule has 0 rings (SSSR count). The molecule has 2 N–H and O–H groups in total. The Balaban J connectivity index is 3.66. The maximum absolute atomic E-state index is 10.5. The van der Waals surface area contributed by atoms with Crippen LogP contribution in [0.3, 0.4) is 0 Å². The highest BCUT2D eigenvalue weighted by atomic mass is 16.1. The Morgan fingerprint density at radius 3 is 2.36 bits per heavy atom. The topological polar surface area (TPSA) is 46.3 Å². The van der Waals surface area contributed by atoms with Crippen LogP contribution in [0.5, 0.6) is 0 Å². The molecule has 0 aromatic rings. The molecule has 0 bridgehead atoms. The van der Waals surface area contributed by atoms with Crippen LogP contribution in [-0.2, 0) is 4.79 Å². The summed E-state index contributed by atoms with van der Waals surface area (Å²) >= 11 is 0. The van der Waals surface area contributed by atoms with E-state index in [-0.39, 0.29) is 5.91 Å².